The van der Waals surface area contributed by atoms with Gasteiger partial charge >= 0.3 is 0 Å². The molecule has 1 amide bonds. The molecule has 1 N–H and O–H groups in total. The maximum atomic E-state index is 12.9. The molecule has 0 radical (unpaired) electrons. The van der Waals surface area contributed by atoms with Crippen molar-refractivity contribution >= 4 is 23.4 Å². The molecule has 1 heterocycles. The predicted octanol–water partition coefficient (Wildman–Crippen LogP) is 4.30. The molecule has 0 fully saturated rings. The lowest BCUT2D eigenvalue weighted by Gasteiger charge is -2.09. The van der Waals surface area contributed by atoms with Crippen LogP contribution in [0.2, 0.25) is 0 Å². The number of carbonyl (C=O) groups is 1. The summed E-state index contributed by atoms with van der Waals surface area (Å²) in [4.78, 5) is 12.2. The van der Waals surface area contributed by atoms with Crippen LogP contribution in [-0.4, -0.2) is 21.4 Å². The molecule has 0 saturated heterocycles. The van der Waals surface area contributed by atoms with Crippen molar-refractivity contribution in [3.63, 3.8) is 0 Å². The van der Waals surface area contributed by atoms with Crippen molar-refractivity contribution in [2.45, 2.75) is 24.3 Å². The highest BCUT2D eigenvalue weighted by Crippen LogP contribution is 2.28. The van der Waals surface area contributed by atoms with Gasteiger partial charge in [0, 0.05) is 11.3 Å². The summed E-state index contributed by atoms with van der Waals surface area (Å²) >= 11 is 1.17. The van der Waals surface area contributed by atoms with E-state index in [1.54, 1.807) is 6.92 Å². The van der Waals surface area contributed by atoms with E-state index in [1.165, 1.54) is 36.0 Å². The number of aryl methyl sites for hydroxylation is 1. The van der Waals surface area contributed by atoms with Crippen molar-refractivity contribution in [3.05, 3.63) is 59.9 Å². The summed E-state index contributed by atoms with van der Waals surface area (Å²) in [6.07, 6.45) is 0. The lowest BCUT2D eigenvalue weighted by atomic mass is 10.1. The van der Waals surface area contributed by atoms with Crippen LogP contribution in [0.5, 0.6) is 0 Å². The third-order valence-corrected chi connectivity index (χ3v) is 4.47. The largest absolute Gasteiger partial charge is 0.411 e. The summed E-state index contributed by atoms with van der Waals surface area (Å²) in [7, 11) is 0. The Balaban J connectivity index is 1.65. The van der Waals surface area contributed by atoms with Crippen LogP contribution in [0, 0.1) is 12.7 Å². The molecular formula is C18H16FN3O2S. The van der Waals surface area contributed by atoms with Crippen LogP contribution in [0.1, 0.15) is 12.5 Å². The second-order valence-electron chi connectivity index (χ2n) is 5.44. The van der Waals surface area contributed by atoms with Crippen LogP contribution >= 0.6 is 11.8 Å². The number of aromatic nitrogens is 2. The molecule has 0 saturated carbocycles. The number of halogens is 1. The molecule has 3 aromatic rings. The van der Waals surface area contributed by atoms with Gasteiger partial charge in [0.25, 0.3) is 5.22 Å². The molecule has 1 atom stereocenters. The summed E-state index contributed by atoms with van der Waals surface area (Å²) in [5.74, 6) is -0.158. The normalized spacial score (nSPS) is 12.0. The number of nitrogens with zero attached hydrogens (tertiary/aromatic N) is 2. The fourth-order valence-electron chi connectivity index (χ4n) is 2.16. The summed E-state index contributed by atoms with van der Waals surface area (Å²) in [5.41, 5.74) is 2.43. The Bertz CT molecular complexity index is 880. The minimum Gasteiger partial charge on any atom is -0.411 e. The quantitative estimate of drug-likeness (QED) is 0.690. The molecule has 0 bridgehead atoms. The maximum absolute atomic E-state index is 12.9. The van der Waals surface area contributed by atoms with Gasteiger partial charge in [-0.15, -0.1) is 10.2 Å². The van der Waals surface area contributed by atoms with Gasteiger partial charge in [-0.3, -0.25) is 4.79 Å². The smallest absolute Gasteiger partial charge is 0.277 e. The van der Waals surface area contributed by atoms with Crippen molar-refractivity contribution in [2.24, 2.45) is 0 Å². The first-order chi connectivity index (χ1) is 12.0. The van der Waals surface area contributed by atoms with E-state index in [0.29, 0.717) is 16.8 Å². The summed E-state index contributed by atoms with van der Waals surface area (Å²) in [6, 6.07) is 13.3. The second-order valence-corrected chi connectivity index (χ2v) is 6.74. The number of hydrogen-bond donors (Lipinski definition) is 1. The van der Waals surface area contributed by atoms with Gasteiger partial charge in [-0.05, 0) is 49.7 Å². The molecule has 128 valence electrons. The van der Waals surface area contributed by atoms with Gasteiger partial charge in [0.1, 0.15) is 5.82 Å². The molecule has 5 nitrogen and oxygen atoms in total. The molecule has 0 spiro atoms. The molecule has 3 rings (SSSR count). The molecule has 2 aromatic carbocycles. The SMILES string of the molecule is Cc1ccccc1-c1nnc(S[C@@H](C)C(=O)Nc2ccc(F)cc2)o1. The van der Waals surface area contributed by atoms with Crippen LogP contribution < -0.4 is 5.32 Å². The maximum Gasteiger partial charge on any atom is 0.277 e. The Kier molecular flexibility index (Phi) is 5.14. The number of thioether (sulfide) groups is 1. The van der Waals surface area contributed by atoms with E-state index in [2.05, 4.69) is 15.5 Å². The number of nitrogens with one attached hydrogen (secondary N) is 1. The molecule has 25 heavy (non-hydrogen) atoms. The van der Waals surface area contributed by atoms with Crippen molar-refractivity contribution in [3.8, 4) is 11.5 Å². The Hall–Kier alpha value is -2.67. The Morgan fingerprint density at radius 2 is 1.88 bits per heavy atom. The Morgan fingerprint density at radius 3 is 2.60 bits per heavy atom. The topological polar surface area (TPSA) is 68.0 Å². The summed E-state index contributed by atoms with van der Waals surface area (Å²) < 4.78 is 18.5. The van der Waals surface area contributed by atoms with E-state index in [9.17, 15) is 9.18 Å². The zero-order valence-corrected chi connectivity index (χ0v) is 14.5. The zero-order chi connectivity index (χ0) is 17.8. The first-order valence-electron chi connectivity index (χ1n) is 7.65. The van der Waals surface area contributed by atoms with Crippen LogP contribution in [0.3, 0.4) is 0 Å². The monoisotopic (exact) mass is 357 g/mol. The van der Waals surface area contributed by atoms with Crippen molar-refractivity contribution in [1.82, 2.24) is 10.2 Å². The van der Waals surface area contributed by atoms with Gasteiger partial charge in [0.15, 0.2) is 0 Å². The van der Waals surface area contributed by atoms with Crippen molar-refractivity contribution in [1.29, 1.82) is 0 Å². The number of hydrogen-bond acceptors (Lipinski definition) is 5. The average molecular weight is 357 g/mol. The summed E-state index contributed by atoms with van der Waals surface area (Å²) in [5, 5.41) is 10.6. The first kappa shape index (κ1) is 17.2. The van der Waals surface area contributed by atoms with Crippen LogP contribution in [-0.2, 0) is 4.79 Å². The third-order valence-electron chi connectivity index (χ3n) is 3.54. The van der Waals surface area contributed by atoms with E-state index in [4.69, 9.17) is 4.42 Å². The van der Waals surface area contributed by atoms with Crippen LogP contribution in [0.4, 0.5) is 10.1 Å². The van der Waals surface area contributed by atoms with E-state index in [-0.39, 0.29) is 11.7 Å². The highest BCUT2D eigenvalue weighted by atomic mass is 32.2. The highest BCUT2D eigenvalue weighted by Gasteiger charge is 2.19. The molecule has 0 aliphatic carbocycles. The van der Waals surface area contributed by atoms with Crippen molar-refractivity contribution < 1.29 is 13.6 Å². The number of amides is 1. The number of rotatable bonds is 5. The zero-order valence-electron chi connectivity index (χ0n) is 13.7. The number of benzene rings is 2. The molecule has 7 heteroatoms. The van der Waals surface area contributed by atoms with E-state index < -0.39 is 5.25 Å². The molecule has 1 aromatic heterocycles. The lowest BCUT2D eigenvalue weighted by molar-refractivity contribution is -0.115. The average Bonchev–Trinajstić information content (AvgIpc) is 3.05. The number of anilines is 1. The van der Waals surface area contributed by atoms with Crippen LogP contribution in [0.25, 0.3) is 11.5 Å². The van der Waals surface area contributed by atoms with E-state index in [0.717, 1.165) is 11.1 Å². The fourth-order valence-corrected chi connectivity index (χ4v) is 2.84. The van der Waals surface area contributed by atoms with Gasteiger partial charge in [-0.25, -0.2) is 4.39 Å². The Labute approximate surface area is 148 Å². The number of carbonyl (C=O) groups excluding carboxylic acids is 1. The second kappa shape index (κ2) is 7.48. The third kappa shape index (κ3) is 4.24. The molecule has 0 aliphatic rings. The Morgan fingerprint density at radius 1 is 1.16 bits per heavy atom. The van der Waals surface area contributed by atoms with Gasteiger partial charge in [-0.1, -0.05) is 30.0 Å². The van der Waals surface area contributed by atoms with E-state index >= 15 is 0 Å². The fraction of sp³-hybridized carbons (Fsp3) is 0.167. The minimum atomic E-state index is -0.449. The molecule has 0 aliphatic heterocycles. The predicted molar refractivity (Wildman–Crippen MR) is 94.8 cm³/mol. The molecular weight excluding hydrogens is 341 g/mol. The lowest BCUT2D eigenvalue weighted by Crippen LogP contribution is -2.22. The van der Waals surface area contributed by atoms with Gasteiger partial charge in [0.2, 0.25) is 11.8 Å². The standard InChI is InChI=1S/C18H16FN3O2S/c1-11-5-3-4-6-15(11)17-21-22-18(24-17)25-12(2)16(23)20-14-9-7-13(19)8-10-14/h3-10,12H,1-2H3,(H,20,23)/t12-/m0/s1. The van der Waals surface area contributed by atoms with Gasteiger partial charge < -0.3 is 9.73 Å². The minimum absolute atomic E-state index is 0.229. The van der Waals surface area contributed by atoms with Crippen molar-refractivity contribution in [2.75, 3.05) is 5.32 Å². The van der Waals surface area contributed by atoms with Gasteiger partial charge in [-0.2, -0.15) is 0 Å². The summed E-state index contributed by atoms with van der Waals surface area (Å²) in [6.45, 7) is 3.70. The highest BCUT2D eigenvalue weighted by molar-refractivity contribution is 8.00. The van der Waals surface area contributed by atoms with Crippen LogP contribution in [0.15, 0.2) is 58.2 Å². The van der Waals surface area contributed by atoms with E-state index in [1.807, 2.05) is 31.2 Å². The molecule has 0 unspecified atom stereocenters. The van der Waals surface area contributed by atoms with Gasteiger partial charge in [0.05, 0.1) is 5.25 Å². The first-order valence-corrected chi connectivity index (χ1v) is 8.53.